The lowest BCUT2D eigenvalue weighted by Gasteiger charge is -2.13. The molecule has 0 radical (unpaired) electrons. The fourth-order valence-corrected chi connectivity index (χ4v) is 3.36. The molecule has 0 unspecified atom stereocenters. The highest BCUT2D eigenvalue weighted by Gasteiger charge is 2.21. The van der Waals surface area contributed by atoms with Crippen LogP contribution in [0.4, 0.5) is 5.95 Å². The zero-order chi connectivity index (χ0) is 22.5. The second-order valence-electron chi connectivity index (χ2n) is 6.73. The largest absolute Gasteiger partial charge is 0.495 e. The molecule has 0 aliphatic heterocycles. The van der Waals surface area contributed by atoms with Gasteiger partial charge in [-0.15, -0.1) is 0 Å². The van der Waals surface area contributed by atoms with Gasteiger partial charge in [0.15, 0.2) is 17.2 Å². The summed E-state index contributed by atoms with van der Waals surface area (Å²) in [4.78, 5) is 13.8. The first-order valence-electron chi connectivity index (χ1n) is 10.1. The summed E-state index contributed by atoms with van der Waals surface area (Å²) in [6, 6.07) is 16.9. The molecule has 2 aromatic heterocycles. The molecule has 9 nitrogen and oxygen atoms in total. The third-order valence-corrected chi connectivity index (χ3v) is 4.76. The number of aromatic nitrogens is 4. The number of methoxy groups -OCH3 is 1. The van der Waals surface area contributed by atoms with Crippen molar-refractivity contribution in [1.82, 2.24) is 19.5 Å². The van der Waals surface area contributed by atoms with E-state index in [-0.39, 0.29) is 18.8 Å². The van der Waals surface area contributed by atoms with E-state index in [1.807, 2.05) is 55.5 Å². The minimum absolute atomic E-state index is 0.0800. The summed E-state index contributed by atoms with van der Waals surface area (Å²) in [5.74, 6) is 2.17. The standard InChI is InChI=1S/C23H22N6O3/c1-3-32-16-10-8-15(9-11-16)21-26-17(14-24)20-22(28-21)29(23(27-20)25-12-13-30)18-6-4-5-7-19(18)31-2/h4-11,30H,3,12-13H2,1-2H3,(H,25,27). The molecule has 32 heavy (non-hydrogen) atoms. The van der Waals surface area contributed by atoms with Crippen molar-refractivity contribution >= 4 is 17.1 Å². The fourth-order valence-electron chi connectivity index (χ4n) is 3.36. The monoisotopic (exact) mass is 430 g/mol. The van der Waals surface area contributed by atoms with Crippen molar-refractivity contribution in [2.24, 2.45) is 0 Å². The van der Waals surface area contributed by atoms with Crippen molar-refractivity contribution in [2.75, 3.05) is 32.2 Å². The molecule has 0 atom stereocenters. The Bertz CT molecular complexity index is 1280. The first-order valence-corrected chi connectivity index (χ1v) is 10.1. The van der Waals surface area contributed by atoms with Gasteiger partial charge in [0, 0.05) is 12.1 Å². The molecule has 0 aliphatic carbocycles. The highest BCUT2D eigenvalue weighted by atomic mass is 16.5. The van der Waals surface area contributed by atoms with Crippen LogP contribution in [-0.4, -0.2) is 51.5 Å². The first kappa shape index (κ1) is 21.1. The minimum atomic E-state index is -0.0800. The number of fused-ring (bicyclic) bond motifs is 1. The lowest BCUT2D eigenvalue weighted by Crippen LogP contribution is -2.11. The van der Waals surface area contributed by atoms with Gasteiger partial charge >= 0.3 is 0 Å². The molecular weight excluding hydrogens is 408 g/mol. The summed E-state index contributed by atoms with van der Waals surface area (Å²) < 4.78 is 12.8. The predicted octanol–water partition coefficient (Wildman–Crippen LogP) is 3.17. The first-order chi connectivity index (χ1) is 15.7. The molecule has 0 spiro atoms. The normalized spacial score (nSPS) is 10.7. The Hall–Kier alpha value is -4.16. The van der Waals surface area contributed by atoms with Crippen molar-refractivity contribution in [2.45, 2.75) is 6.92 Å². The number of hydrogen-bond acceptors (Lipinski definition) is 8. The number of imidazole rings is 1. The molecule has 162 valence electrons. The number of para-hydroxylation sites is 2. The SMILES string of the molecule is CCOc1ccc(-c2nc(C#N)c3nc(NCCO)n(-c4ccccc4OC)c3n2)cc1. The number of ether oxygens (including phenoxy) is 2. The maximum atomic E-state index is 9.77. The molecule has 2 aromatic carbocycles. The van der Waals surface area contributed by atoms with Crippen LogP contribution in [0.1, 0.15) is 12.6 Å². The summed E-state index contributed by atoms with van der Waals surface area (Å²) >= 11 is 0. The second-order valence-corrected chi connectivity index (χ2v) is 6.73. The molecule has 2 heterocycles. The summed E-state index contributed by atoms with van der Waals surface area (Å²) in [5.41, 5.74) is 2.39. The van der Waals surface area contributed by atoms with Gasteiger partial charge in [-0.1, -0.05) is 12.1 Å². The average Bonchev–Trinajstić information content (AvgIpc) is 3.20. The van der Waals surface area contributed by atoms with E-state index < -0.39 is 0 Å². The van der Waals surface area contributed by atoms with E-state index in [0.717, 1.165) is 11.3 Å². The van der Waals surface area contributed by atoms with Gasteiger partial charge < -0.3 is 19.9 Å². The number of rotatable bonds is 8. The topological polar surface area (TPSA) is 118 Å². The maximum absolute atomic E-state index is 9.77. The van der Waals surface area contributed by atoms with Crippen LogP contribution in [0.3, 0.4) is 0 Å². The van der Waals surface area contributed by atoms with Crippen LogP contribution >= 0.6 is 0 Å². The Morgan fingerprint density at radius 1 is 1.09 bits per heavy atom. The lowest BCUT2D eigenvalue weighted by molar-refractivity contribution is 0.310. The van der Waals surface area contributed by atoms with Crippen LogP contribution in [0.15, 0.2) is 48.5 Å². The Labute approximate surface area is 184 Å². The van der Waals surface area contributed by atoms with Gasteiger partial charge in [-0.3, -0.25) is 4.57 Å². The molecule has 9 heteroatoms. The van der Waals surface area contributed by atoms with Crippen LogP contribution in [-0.2, 0) is 0 Å². The van der Waals surface area contributed by atoms with Gasteiger partial charge in [-0.25, -0.2) is 15.0 Å². The van der Waals surface area contributed by atoms with Crippen molar-refractivity contribution in [3.05, 3.63) is 54.2 Å². The molecule has 0 amide bonds. The number of hydrogen-bond donors (Lipinski definition) is 2. The van der Waals surface area contributed by atoms with Gasteiger partial charge in [0.2, 0.25) is 5.95 Å². The number of aliphatic hydroxyl groups excluding tert-OH is 1. The number of benzene rings is 2. The highest BCUT2D eigenvalue weighted by Crippen LogP contribution is 2.32. The smallest absolute Gasteiger partial charge is 0.210 e. The number of nitrogens with one attached hydrogen (secondary N) is 1. The Kier molecular flexibility index (Phi) is 6.14. The molecular formula is C23H22N6O3. The fraction of sp³-hybridized carbons (Fsp3) is 0.217. The van der Waals surface area contributed by atoms with Crippen LogP contribution in [0.25, 0.3) is 28.2 Å². The Morgan fingerprint density at radius 3 is 2.56 bits per heavy atom. The van der Waals surface area contributed by atoms with Gasteiger partial charge in [0.1, 0.15) is 23.1 Å². The van der Waals surface area contributed by atoms with Gasteiger partial charge in [-0.05, 0) is 43.3 Å². The maximum Gasteiger partial charge on any atom is 0.210 e. The number of aliphatic hydroxyl groups is 1. The summed E-state index contributed by atoms with van der Waals surface area (Å²) in [5, 5.41) is 22.2. The van der Waals surface area contributed by atoms with E-state index in [9.17, 15) is 10.4 Å². The van der Waals surface area contributed by atoms with Gasteiger partial charge in [0.05, 0.1) is 26.0 Å². The van der Waals surface area contributed by atoms with Crippen LogP contribution in [0, 0.1) is 11.3 Å². The van der Waals surface area contributed by atoms with Crippen LogP contribution < -0.4 is 14.8 Å². The van der Waals surface area contributed by atoms with E-state index in [4.69, 9.17) is 14.5 Å². The second kappa shape index (κ2) is 9.32. The van der Waals surface area contributed by atoms with E-state index in [2.05, 4.69) is 21.4 Å². The van der Waals surface area contributed by atoms with Gasteiger partial charge in [-0.2, -0.15) is 5.26 Å². The predicted molar refractivity (Wildman–Crippen MR) is 120 cm³/mol. The zero-order valence-corrected chi connectivity index (χ0v) is 17.7. The van der Waals surface area contributed by atoms with E-state index in [1.165, 1.54) is 0 Å². The zero-order valence-electron chi connectivity index (χ0n) is 17.7. The van der Waals surface area contributed by atoms with Crippen LogP contribution in [0.2, 0.25) is 0 Å². The third-order valence-electron chi connectivity index (χ3n) is 4.76. The summed E-state index contributed by atoms with van der Waals surface area (Å²) in [6.45, 7) is 2.69. The molecule has 0 bridgehead atoms. The Morgan fingerprint density at radius 2 is 1.88 bits per heavy atom. The molecule has 0 fully saturated rings. The number of nitriles is 1. The summed E-state index contributed by atoms with van der Waals surface area (Å²) in [6.07, 6.45) is 0. The molecule has 0 aliphatic rings. The molecule has 4 aromatic rings. The van der Waals surface area contributed by atoms with Crippen molar-refractivity contribution < 1.29 is 14.6 Å². The van der Waals surface area contributed by atoms with E-state index in [1.54, 1.807) is 11.7 Å². The minimum Gasteiger partial charge on any atom is -0.495 e. The molecule has 0 saturated heterocycles. The highest BCUT2D eigenvalue weighted by molar-refractivity contribution is 5.84. The Balaban J connectivity index is 1.96. The quantitative estimate of drug-likeness (QED) is 0.438. The third kappa shape index (κ3) is 3.91. The molecule has 0 saturated carbocycles. The average molecular weight is 430 g/mol. The van der Waals surface area contributed by atoms with Crippen molar-refractivity contribution in [3.63, 3.8) is 0 Å². The van der Waals surface area contributed by atoms with E-state index in [0.29, 0.717) is 41.0 Å². The molecule has 4 rings (SSSR count). The lowest BCUT2D eigenvalue weighted by atomic mass is 10.2. The van der Waals surface area contributed by atoms with Crippen molar-refractivity contribution in [1.29, 1.82) is 5.26 Å². The van der Waals surface area contributed by atoms with Gasteiger partial charge in [0.25, 0.3) is 0 Å². The van der Waals surface area contributed by atoms with Crippen LogP contribution in [0.5, 0.6) is 11.5 Å². The molecule has 2 N–H and O–H groups in total. The summed E-state index contributed by atoms with van der Waals surface area (Å²) in [7, 11) is 1.58. The number of anilines is 1. The van der Waals surface area contributed by atoms with E-state index >= 15 is 0 Å². The number of nitrogens with zero attached hydrogens (tertiary/aromatic N) is 5. The van der Waals surface area contributed by atoms with Crippen molar-refractivity contribution in [3.8, 4) is 34.6 Å².